The number of hydrogen-bond donors (Lipinski definition) is 1. The minimum Gasteiger partial charge on any atom is -0.481 e. The average Bonchev–Trinajstić information content (AvgIpc) is 2.72. The van der Waals surface area contributed by atoms with Crippen molar-refractivity contribution in [1.29, 1.82) is 0 Å². The van der Waals surface area contributed by atoms with E-state index in [-0.39, 0.29) is 11.8 Å². The lowest BCUT2D eigenvalue weighted by molar-refractivity contribution is -0.122. The Morgan fingerprint density at radius 1 is 1.07 bits per heavy atom. The first-order chi connectivity index (χ1) is 13.9. The molecule has 1 fully saturated rings. The second-order valence-corrected chi connectivity index (χ2v) is 7.90. The van der Waals surface area contributed by atoms with E-state index in [0.717, 1.165) is 43.5 Å². The van der Waals surface area contributed by atoms with Gasteiger partial charge in [-0.1, -0.05) is 23.7 Å². The molecule has 3 rings (SSSR count). The monoisotopic (exact) mass is 414 g/mol. The molecule has 0 aromatic heterocycles. The zero-order valence-electron chi connectivity index (χ0n) is 17.1. The Hall–Kier alpha value is -2.53. The Labute approximate surface area is 177 Å². The van der Waals surface area contributed by atoms with E-state index in [0.29, 0.717) is 22.0 Å². The van der Waals surface area contributed by atoms with Crippen LogP contribution in [0.3, 0.4) is 0 Å². The van der Waals surface area contributed by atoms with Crippen molar-refractivity contribution in [3.8, 4) is 5.75 Å². The molecule has 6 heteroatoms. The van der Waals surface area contributed by atoms with Gasteiger partial charge in [-0.2, -0.15) is 0 Å². The zero-order valence-corrected chi connectivity index (χ0v) is 17.9. The molecule has 2 aromatic rings. The van der Waals surface area contributed by atoms with E-state index in [9.17, 15) is 9.59 Å². The van der Waals surface area contributed by atoms with Gasteiger partial charge in [0.1, 0.15) is 5.75 Å². The summed E-state index contributed by atoms with van der Waals surface area (Å²) in [5.41, 5.74) is 2.80. The number of benzene rings is 2. The molecule has 1 N–H and O–H groups in total. The van der Waals surface area contributed by atoms with Crippen molar-refractivity contribution < 1.29 is 14.3 Å². The summed E-state index contributed by atoms with van der Waals surface area (Å²) in [4.78, 5) is 27.5. The molecular formula is C23H27ClN2O3. The molecule has 5 nitrogen and oxygen atoms in total. The minimum absolute atomic E-state index is 0.0434. The van der Waals surface area contributed by atoms with Gasteiger partial charge in [0, 0.05) is 18.1 Å². The number of amides is 2. The first kappa shape index (κ1) is 21.2. The van der Waals surface area contributed by atoms with E-state index < -0.39 is 6.10 Å². The van der Waals surface area contributed by atoms with Crippen molar-refractivity contribution in [2.24, 2.45) is 0 Å². The number of nitrogens with one attached hydrogen (secondary N) is 1. The third-order valence-electron chi connectivity index (χ3n) is 5.15. The summed E-state index contributed by atoms with van der Waals surface area (Å²) in [5, 5.41) is 3.55. The van der Waals surface area contributed by atoms with Crippen LogP contribution in [0, 0.1) is 13.8 Å². The molecule has 0 aliphatic carbocycles. The SMILES string of the molecule is Cc1cc(O[C@@H](C)C(=O)Nc2ccccc2C(=O)N2CCCCC2)cc(C)c1Cl. The van der Waals surface area contributed by atoms with Crippen molar-refractivity contribution in [3.05, 3.63) is 58.1 Å². The van der Waals surface area contributed by atoms with Crippen LogP contribution in [-0.4, -0.2) is 35.9 Å². The smallest absolute Gasteiger partial charge is 0.265 e. The summed E-state index contributed by atoms with van der Waals surface area (Å²) in [5.74, 6) is 0.233. The molecule has 2 aromatic carbocycles. The van der Waals surface area contributed by atoms with Crippen molar-refractivity contribution >= 4 is 29.1 Å². The third-order valence-corrected chi connectivity index (χ3v) is 5.75. The van der Waals surface area contributed by atoms with E-state index in [1.165, 1.54) is 0 Å². The molecule has 2 amide bonds. The molecule has 0 saturated carbocycles. The summed E-state index contributed by atoms with van der Waals surface area (Å²) >= 11 is 6.20. The maximum absolute atomic E-state index is 12.9. The van der Waals surface area contributed by atoms with Gasteiger partial charge in [0.2, 0.25) is 0 Å². The van der Waals surface area contributed by atoms with Gasteiger partial charge in [0.05, 0.1) is 11.3 Å². The maximum Gasteiger partial charge on any atom is 0.265 e. The number of likely N-dealkylation sites (tertiary alicyclic amines) is 1. The number of nitrogens with zero attached hydrogens (tertiary/aromatic N) is 1. The van der Waals surface area contributed by atoms with E-state index >= 15 is 0 Å². The van der Waals surface area contributed by atoms with E-state index in [1.807, 2.05) is 36.9 Å². The Kier molecular flexibility index (Phi) is 6.80. The number of ether oxygens (including phenoxy) is 1. The van der Waals surface area contributed by atoms with Gasteiger partial charge < -0.3 is 15.0 Å². The molecule has 0 unspecified atom stereocenters. The van der Waals surface area contributed by atoms with Crippen LogP contribution in [0.2, 0.25) is 5.02 Å². The highest BCUT2D eigenvalue weighted by atomic mass is 35.5. The highest BCUT2D eigenvalue weighted by Gasteiger charge is 2.23. The van der Waals surface area contributed by atoms with Crippen LogP contribution >= 0.6 is 11.6 Å². The second kappa shape index (κ2) is 9.31. The van der Waals surface area contributed by atoms with E-state index in [1.54, 1.807) is 25.1 Å². The summed E-state index contributed by atoms with van der Waals surface area (Å²) < 4.78 is 5.82. The van der Waals surface area contributed by atoms with Crippen LogP contribution in [-0.2, 0) is 4.79 Å². The van der Waals surface area contributed by atoms with Crippen molar-refractivity contribution in [3.63, 3.8) is 0 Å². The number of hydrogen-bond acceptors (Lipinski definition) is 3. The van der Waals surface area contributed by atoms with Crippen molar-refractivity contribution in [2.45, 2.75) is 46.1 Å². The lowest BCUT2D eigenvalue weighted by atomic mass is 10.1. The first-order valence-corrected chi connectivity index (χ1v) is 10.4. The molecule has 0 bridgehead atoms. The molecule has 1 atom stereocenters. The predicted molar refractivity (Wildman–Crippen MR) is 116 cm³/mol. The molecule has 0 spiro atoms. The summed E-state index contributed by atoms with van der Waals surface area (Å²) in [6.07, 6.45) is 2.46. The number of piperidine rings is 1. The molecule has 29 heavy (non-hydrogen) atoms. The molecule has 1 aliphatic rings. The Morgan fingerprint density at radius 3 is 2.34 bits per heavy atom. The number of halogens is 1. The number of rotatable bonds is 5. The number of anilines is 1. The number of para-hydroxylation sites is 1. The van der Waals surface area contributed by atoms with Crippen LogP contribution < -0.4 is 10.1 Å². The summed E-state index contributed by atoms with van der Waals surface area (Å²) in [6, 6.07) is 10.7. The van der Waals surface area contributed by atoms with E-state index in [4.69, 9.17) is 16.3 Å². The van der Waals surface area contributed by atoms with E-state index in [2.05, 4.69) is 5.32 Å². The lowest BCUT2D eigenvalue weighted by Gasteiger charge is -2.27. The Bertz CT molecular complexity index is 884. The third kappa shape index (κ3) is 5.10. The number of carbonyl (C=O) groups excluding carboxylic acids is 2. The quantitative estimate of drug-likeness (QED) is 0.749. The van der Waals surface area contributed by atoms with Gasteiger partial charge in [0.25, 0.3) is 11.8 Å². The fourth-order valence-electron chi connectivity index (χ4n) is 3.51. The minimum atomic E-state index is -0.729. The summed E-state index contributed by atoms with van der Waals surface area (Å²) in [7, 11) is 0. The van der Waals surface area contributed by atoms with Gasteiger partial charge in [-0.05, 0) is 75.4 Å². The van der Waals surface area contributed by atoms with Crippen LogP contribution in [0.15, 0.2) is 36.4 Å². The van der Waals surface area contributed by atoms with Gasteiger partial charge in [-0.25, -0.2) is 0 Å². The normalized spacial score (nSPS) is 15.0. The molecule has 0 radical (unpaired) electrons. The topological polar surface area (TPSA) is 58.6 Å². The predicted octanol–water partition coefficient (Wildman–Crippen LogP) is 4.99. The standard InChI is InChI=1S/C23H27ClN2O3/c1-15-13-18(14-16(2)21(15)24)29-17(3)22(27)25-20-10-6-5-9-19(20)23(28)26-11-7-4-8-12-26/h5-6,9-10,13-14,17H,4,7-8,11-12H2,1-3H3,(H,25,27)/t17-/m0/s1. The maximum atomic E-state index is 12.9. The van der Waals surface area contributed by atoms with Crippen LogP contribution in [0.4, 0.5) is 5.69 Å². The van der Waals surface area contributed by atoms with Crippen molar-refractivity contribution in [2.75, 3.05) is 18.4 Å². The fourth-order valence-corrected chi connectivity index (χ4v) is 3.62. The lowest BCUT2D eigenvalue weighted by Crippen LogP contribution is -2.36. The second-order valence-electron chi connectivity index (χ2n) is 7.52. The molecule has 154 valence electrons. The Balaban J connectivity index is 1.71. The van der Waals surface area contributed by atoms with Gasteiger partial charge in [-0.15, -0.1) is 0 Å². The molecular weight excluding hydrogens is 388 g/mol. The zero-order chi connectivity index (χ0) is 21.0. The van der Waals surface area contributed by atoms with Crippen LogP contribution in [0.25, 0.3) is 0 Å². The molecule has 1 heterocycles. The first-order valence-electron chi connectivity index (χ1n) is 9.99. The fraction of sp³-hybridized carbons (Fsp3) is 0.391. The van der Waals surface area contributed by atoms with Crippen LogP contribution in [0.5, 0.6) is 5.75 Å². The van der Waals surface area contributed by atoms with Crippen LogP contribution in [0.1, 0.15) is 47.7 Å². The highest BCUT2D eigenvalue weighted by molar-refractivity contribution is 6.32. The number of aryl methyl sites for hydroxylation is 2. The Morgan fingerprint density at radius 2 is 1.69 bits per heavy atom. The average molecular weight is 415 g/mol. The largest absolute Gasteiger partial charge is 0.481 e. The number of carbonyl (C=O) groups is 2. The van der Waals surface area contributed by atoms with Crippen molar-refractivity contribution in [1.82, 2.24) is 4.90 Å². The molecule has 1 aliphatic heterocycles. The summed E-state index contributed by atoms with van der Waals surface area (Å²) in [6.45, 7) is 7.00. The van der Waals surface area contributed by atoms with Gasteiger partial charge >= 0.3 is 0 Å². The van der Waals surface area contributed by atoms with Gasteiger partial charge in [0.15, 0.2) is 6.10 Å². The highest BCUT2D eigenvalue weighted by Crippen LogP contribution is 2.27. The molecule has 1 saturated heterocycles. The van der Waals surface area contributed by atoms with Gasteiger partial charge in [-0.3, -0.25) is 9.59 Å².